The van der Waals surface area contributed by atoms with Gasteiger partial charge in [-0.15, -0.1) is 0 Å². The van der Waals surface area contributed by atoms with Crippen LogP contribution in [0.15, 0.2) is 60.7 Å². The summed E-state index contributed by atoms with van der Waals surface area (Å²) in [5.74, 6) is -4.25. The average molecular weight is 735 g/mol. The van der Waals surface area contributed by atoms with E-state index in [1.54, 1.807) is 49.9 Å². The number of nitrogens with zero attached hydrogens (tertiary/aromatic N) is 2. The number of hydrogen-bond acceptors (Lipinski definition) is 9. The number of nitrogens with one attached hydrogen (secondary N) is 2. The maximum atomic E-state index is 14.4. The van der Waals surface area contributed by atoms with Gasteiger partial charge in [0.15, 0.2) is 0 Å². The molecule has 0 unspecified atom stereocenters. The van der Waals surface area contributed by atoms with E-state index >= 15 is 0 Å². The molecule has 53 heavy (non-hydrogen) atoms. The standard InChI is InChI=1S/C40H54N4O9/c1-27(2)23-32(38(49)52-26-29-17-10-7-11-18-29)42-35(46)31(24-33(45)51-25-28-15-8-6-9-16-28)41-36(47)34-30(37(48)43-20-12-13-21-43)19-14-22-44(34)39(50)53-40(3,4)5/h6-11,15-18,27,30-32,34H,12-14,19-26H2,1-5H3,(H,41,47)(H,42,46)/t30-,31-,32-,34-/m0/s1. The zero-order chi connectivity index (χ0) is 38.5. The van der Waals surface area contributed by atoms with Crippen LogP contribution in [0.1, 0.15) is 84.3 Å². The van der Waals surface area contributed by atoms with Crippen molar-refractivity contribution in [3.05, 3.63) is 71.8 Å². The van der Waals surface area contributed by atoms with E-state index in [1.807, 2.05) is 50.2 Å². The summed E-state index contributed by atoms with van der Waals surface area (Å²) in [6.07, 6.45) is 1.35. The monoisotopic (exact) mass is 734 g/mol. The summed E-state index contributed by atoms with van der Waals surface area (Å²) < 4.78 is 16.7. The van der Waals surface area contributed by atoms with Crippen molar-refractivity contribution in [1.82, 2.24) is 20.4 Å². The third-order valence-corrected chi connectivity index (χ3v) is 9.04. The molecule has 0 aromatic heterocycles. The van der Waals surface area contributed by atoms with Crippen LogP contribution in [0, 0.1) is 11.8 Å². The lowest BCUT2D eigenvalue weighted by atomic mass is 9.87. The second kappa shape index (κ2) is 19.2. The van der Waals surface area contributed by atoms with Gasteiger partial charge in [-0.05, 0) is 69.9 Å². The maximum absolute atomic E-state index is 14.4. The smallest absolute Gasteiger partial charge is 0.410 e. The normalized spacial score (nSPS) is 18.5. The molecule has 4 rings (SSSR count). The van der Waals surface area contributed by atoms with Crippen LogP contribution in [0.5, 0.6) is 0 Å². The molecule has 2 aromatic rings. The van der Waals surface area contributed by atoms with Crippen molar-refractivity contribution in [1.29, 1.82) is 0 Å². The Hall–Kier alpha value is -4.94. The fraction of sp³-hybridized carbons (Fsp3) is 0.550. The molecular weight excluding hydrogens is 680 g/mol. The highest BCUT2D eigenvalue weighted by molar-refractivity contribution is 5.97. The third-order valence-electron chi connectivity index (χ3n) is 9.04. The van der Waals surface area contributed by atoms with E-state index in [9.17, 15) is 28.8 Å². The fourth-order valence-electron chi connectivity index (χ4n) is 6.49. The molecule has 0 radical (unpaired) electrons. The number of ether oxygens (including phenoxy) is 3. The number of carbonyl (C=O) groups is 6. The van der Waals surface area contributed by atoms with E-state index in [0.717, 1.165) is 24.0 Å². The van der Waals surface area contributed by atoms with Crippen LogP contribution < -0.4 is 10.6 Å². The van der Waals surface area contributed by atoms with Crippen molar-refractivity contribution in [2.45, 2.75) is 110 Å². The van der Waals surface area contributed by atoms with Crippen LogP contribution in [0.2, 0.25) is 0 Å². The first-order chi connectivity index (χ1) is 25.2. The molecule has 13 heteroatoms. The van der Waals surface area contributed by atoms with Gasteiger partial charge < -0.3 is 29.7 Å². The molecule has 2 aliphatic rings. The van der Waals surface area contributed by atoms with Gasteiger partial charge in [-0.3, -0.25) is 24.1 Å². The van der Waals surface area contributed by atoms with Gasteiger partial charge in [0.25, 0.3) is 0 Å². The number of esters is 2. The van der Waals surface area contributed by atoms with Gasteiger partial charge in [-0.25, -0.2) is 9.59 Å². The van der Waals surface area contributed by atoms with Crippen molar-refractivity contribution in [3.63, 3.8) is 0 Å². The Morgan fingerprint density at radius 3 is 1.92 bits per heavy atom. The van der Waals surface area contributed by atoms with Crippen LogP contribution in [-0.4, -0.2) is 88.9 Å². The zero-order valence-electron chi connectivity index (χ0n) is 31.5. The predicted molar refractivity (Wildman–Crippen MR) is 196 cm³/mol. The first-order valence-corrected chi connectivity index (χ1v) is 18.5. The number of rotatable bonds is 14. The predicted octanol–water partition coefficient (Wildman–Crippen LogP) is 4.52. The van der Waals surface area contributed by atoms with E-state index in [2.05, 4.69) is 10.6 Å². The molecule has 2 saturated heterocycles. The molecule has 4 atom stereocenters. The Bertz CT molecular complexity index is 1550. The quantitative estimate of drug-likeness (QED) is 0.210. The molecule has 0 aliphatic carbocycles. The number of likely N-dealkylation sites (tertiary alicyclic amines) is 2. The third kappa shape index (κ3) is 12.6. The Morgan fingerprint density at radius 1 is 0.774 bits per heavy atom. The summed E-state index contributed by atoms with van der Waals surface area (Å²) in [5.41, 5.74) is 0.611. The molecule has 13 nitrogen and oxygen atoms in total. The summed E-state index contributed by atoms with van der Waals surface area (Å²) >= 11 is 0. The molecule has 0 bridgehead atoms. The average Bonchev–Trinajstić information content (AvgIpc) is 3.67. The Morgan fingerprint density at radius 2 is 1.36 bits per heavy atom. The molecule has 0 spiro atoms. The Kier molecular flexibility index (Phi) is 14.8. The molecule has 2 heterocycles. The molecule has 0 saturated carbocycles. The number of amides is 4. The van der Waals surface area contributed by atoms with Gasteiger partial charge in [-0.1, -0.05) is 74.5 Å². The minimum Gasteiger partial charge on any atom is -0.461 e. The summed E-state index contributed by atoms with van der Waals surface area (Å²) in [6, 6.07) is 14.2. The summed E-state index contributed by atoms with van der Waals surface area (Å²) in [7, 11) is 0. The van der Waals surface area contributed by atoms with Crippen molar-refractivity contribution >= 4 is 35.8 Å². The second-order valence-corrected chi connectivity index (χ2v) is 15.1. The maximum Gasteiger partial charge on any atom is 0.410 e. The Balaban J connectivity index is 1.60. The van der Waals surface area contributed by atoms with Crippen molar-refractivity contribution in [2.24, 2.45) is 11.8 Å². The molecule has 2 aromatic carbocycles. The van der Waals surface area contributed by atoms with Crippen LogP contribution in [0.3, 0.4) is 0 Å². The van der Waals surface area contributed by atoms with Gasteiger partial charge in [0.05, 0.1) is 12.3 Å². The fourth-order valence-corrected chi connectivity index (χ4v) is 6.49. The van der Waals surface area contributed by atoms with Gasteiger partial charge in [0.2, 0.25) is 17.7 Å². The molecule has 2 fully saturated rings. The molecular formula is C40H54N4O9. The van der Waals surface area contributed by atoms with Gasteiger partial charge in [-0.2, -0.15) is 0 Å². The molecule has 2 aliphatic heterocycles. The highest BCUT2D eigenvalue weighted by Crippen LogP contribution is 2.29. The topological polar surface area (TPSA) is 161 Å². The van der Waals surface area contributed by atoms with Crippen LogP contribution in [0.4, 0.5) is 4.79 Å². The van der Waals surface area contributed by atoms with E-state index in [1.165, 1.54) is 4.90 Å². The number of carbonyl (C=O) groups excluding carboxylic acids is 6. The van der Waals surface area contributed by atoms with Crippen molar-refractivity contribution < 1.29 is 43.0 Å². The van der Waals surface area contributed by atoms with E-state index < -0.39 is 65.9 Å². The van der Waals surface area contributed by atoms with Gasteiger partial charge in [0.1, 0.15) is 36.9 Å². The van der Waals surface area contributed by atoms with Gasteiger partial charge in [0, 0.05) is 19.6 Å². The van der Waals surface area contributed by atoms with Crippen molar-refractivity contribution in [2.75, 3.05) is 19.6 Å². The lowest BCUT2D eigenvalue weighted by Gasteiger charge is -2.41. The first-order valence-electron chi connectivity index (χ1n) is 18.5. The van der Waals surface area contributed by atoms with Gasteiger partial charge >= 0.3 is 18.0 Å². The van der Waals surface area contributed by atoms with Crippen LogP contribution in [-0.2, 0) is 51.4 Å². The van der Waals surface area contributed by atoms with Crippen molar-refractivity contribution in [3.8, 4) is 0 Å². The zero-order valence-corrected chi connectivity index (χ0v) is 31.5. The number of piperidine rings is 1. The highest BCUT2D eigenvalue weighted by atomic mass is 16.6. The Labute approximate surface area is 312 Å². The van der Waals surface area contributed by atoms with E-state index in [-0.39, 0.29) is 38.0 Å². The first kappa shape index (κ1) is 40.8. The second-order valence-electron chi connectivity index (χ2n) is 15.1. The minimum absolute atomic E-state index is 0.00920. The van der Waals surface area contributed by atoms with E-state index in [0.29, 0.717) is 25.9 Å². The number of hydrogen-bond donors (Lipinski definition) is 2. The molecule has 2 N–H and O–H groups in total. The summed E-state index contributed by atoms with van der Waals surface area (Å²) in [4.78, 5) is 85.3. The number of benzene rings is 2. The highest BCUT2D eigenvalue weighted by Gasteiger charge is 2.47. The lowest BCUT2D eigenvalue weighted by Crippen LogP contribution is -2.62. The van der Waals surface area contributed by atoms with E-state index in [4.69, 9.17) is 14.2 Å². The largest absolute Gasteiger partial charge is 0.461 e. The molecule has 4 amide bonds. The van der Waals surface area contributed by atoms with Crippen LogP contribution >= 0.6 is 0 Å². The molecule has 288 valence electrons. The SMILES string of the molecule is CC(C)C[C@H](NC(=O)[C@H](CC(=O)OCc1ccccc1)NC(=O)[C@@H]1[C@@H](C(=O)N2CCCC2)CCCN1C(=O)OC(C)(C)C)C(=O)OCc1ccccc1. The summed E-state index contributed by atoms with van der Waals surface area (Å²) in [6.45, 7) is 10.1. The minimum atomic E-state index is -1.52. The van der Waals surface area contributed by atoms with Crippen LogP contribution in [0.25, 0.3) is 0 Å². The lowest BCUT2D eigenvalue weighted by molar-refractivity contribution is -0.151. The summed E-state index contributed by atoms with van der Waals surface area (Å²) in [5, 5.41) is 5.37.